The molecule has 1 aromatic heterocycles. The Morgan fingerprint density at radius 3 is 2.52 bits per heavy atom. The van der Waals surface area contributed by atoms with E-state index in [4.69, 9.17) is 10.5 Å². The van der Waals surface area contributed by atoms with Gasteiger partial charge >= 0.3 is 5.69 Å². The lowest BCUT2D eigenvalue weighted by Gasteiger charge is -2.30. The maximum absolute atomic E-state index is 12.2. The van der Waals surface area contributed by atoms with Gasteiger partial charge in [0.25, 0.3) is 0 Å². The minimum absolute atomic E-state index is 0. The number of nitrogen functional groups attached to an aromatic ring is 1. The second-order valence-electron chi connectivity index (χ2n) is 6.44. The molecule has 0 aromatic carbocycles. The molecule has 170 valence electrons. The summed E-state index contributed by atoms with van der Waals surface area (Å²) in [5, 5.41) is 20.2. The van der Waals surface area contributed by atoms with Gasteiger partial charge in [-0.3, -0.25) is 4.57 Å². The molecule has 1 aromatic rings. The fourth-order valence-corrected chi connectivity index (χ4v) is 3.23. The Bertz CT molecular complexity index is 742. The lowest BCUT2D eigenvalue weighted by atomic mass is 10.1. The van der Waals surface area contributed by atoms with Crippen molar-refractivity contribution in [1.82, 2.24) is 21.9 Å². The van der Waals surface area contributed by atoms with Crippen LogP contribution in [-0.4, -0.2) is 44.7 Å². The van der Waals surface area contributed by atoms with Crippen LogP contribution in [0.15, 0.2) is 11.0 Å². The zero-order chi connectivity index (χ0) is 20.2. The number of nitrogens with zero attached hydrogens (tertiary/aromatic N) is 2. The number of phosphoric ester groups is 1. The molecule has 1 aliphatic heterocycles. The first-order chi connectivity index (χ1) is 12.6. The number of unbranched alkanes of at least 4 members (excludes halogenated alkanes) is 3. The molecule has 13 nitrogen and oxygen atoms in total. The first kappa shape index (κ1) is 27.6. The van der Waals surface area contributed by atoms with Gasteiger partial charge in [-0.15, -0.1) is 0 Å². The van der Waals surface area contributed by atoms with E-state index < -0.39 is 44.7 Å². The van der Waals surface area contributed by atoms with Crippen molar-refractivity contribution in [3.05, 3.63) is 22.2 Å². The summed E-state index contributed by atoms with van der Waals surface area (Å²) in [4.78, 5) is 37.0. The smallest absolute Gasteiger partial charge is 0.351 e. The van der Waals surface area contributed by atoms with Gasteiger partial charge in [-0.05, 0) is 12.8 Å². The average molecular weight is 441 g/mol. The number of aryl methyl sites for hydroxylation is 1. The first-order valence-corrected chi connectivity index (χ1v) is 10.2. The van der Waals surface area contributed by atoms with Crippen molar-refractivity contribution >= 4 is 13.6 Å². The molecule has 0 spiro atoms. The fourth-order valence-electron chi connectivity index (χ4n) is 2.90. The fraction of sp³-hybridized carbons (Fsp3) is 0.733. The van der Waals surface area contributed by atoms with Crippen LogP contribution in [0.4, 0.5) is 5.82 Å². The topological polar surface area (TPSA) is 256 Å². The molecule has 0 amide bonds. The summed E-state index contributed by atoms with van der Waals surface area (Å²) in [6, 6.07) is 0. The number of aliphatic hydroxyl groups excluding tert-OH is 2. The minimum atomic E-state index is -5.27. The number of hydrogen-bond donors (Lipinski definition) is 5. The van der Waals surface area contributed by atoms with Crippen LogP contribution < -0.4 is 33.5 Å². The van der Waals surface area contributed by atoms with Crippen molar-refractivity contribution < 1.29 is 33.8 Å². The zero-order valence-electron chi connectivity index (χ0n) is 16.9. The number of ether oxygens (including phenoxy) is 1. The molecule has 2 heterocycles. The average Bonchev–Trinajstić information content (AvgIpc) is 2.86. The molecule has 29 heavy (non-hydrogen) atoms. The third kappa shape index (κ3) is 7.41. The number of aliphatic hydroxyl groups is 2. The summed E-state index contributed by atoms with van der Waals surface area (Å²) in [6.07, 6.45) is 0.212. The zero-order valence-corrected chi connectivity index (χ0v) is 17.8. The lowest BCUT2D eigenvalue weighted by molar-refractivity contribution is -0.343. The molecule has 2 rings (SSSR count). The van der Waals surface area contributed by atoms with Crippen molar-refractivity contribution in [3.8, 4) is 0 Å². The highest BCUT2D eigenvalue weighted by Crippen LogP contribution is 2.32. The van der Waals surface area contributed by atoms with Crippen LogP contribution in [0, 0.1) is 0 Å². The lowest BCUT2D eigenvalue weighted by Crippen LogP contribution is -2.36. The molecular weight excluding hydrogens is 409 g/mol. The molecule has 1 aliphatic rings. The van der Waals surface area contributed by atoms with E-state index in [1.165, 1.54) is 6.20 Å². The number of quaternary nitrogens is 2. The summed E-state index contributed by atoms with van der Waals surface area (Å²) >= 11 is 0. The molecule has 4 atom stereocenters. The van der Waals surface area contributed by atoms with Crippen LogP contribution in [0.1, 0.15) is 44.4 Å². The Morgan fingerprint density at radius 2 is 1.93 bits per heavy atom. The highest BCUT2D eigenvalue weighted by atomic mass is 31.2. The van der Waals surface area contributed by atoms with Crippen LogP contribution in [0.5, 0.6) is 0 Å². The van der Waals surface area contributed by atoms with Gasteiger partial charge in [-0.2, -0.15) is 4.98 Å². The maximum Gasteiger partial charge on any atom is 0.351 e. The normalized spacial score (nSPS) is 24.0. The first-order valence-electron chi connectivity index (χ1n) is 8.69. The van der Waals surface area contributed by atoms with Gasteiger partial charge in [0.1, 0.15) is 24.1 Å². The summed E-state index contributed by atoms with van der Waals surface area (Å²) in [5.41, 5.74) is 5.60. The van der Waals surface area contributed by atoms with Gasteiger partial charge in [0, 0.05) is 11.8 Å². The van der Waals surface area contributed by atoms with Crippen molar-refractivity contribution in [2.45, 2.75) is 63.6 Å². The molecule has 0 radical (unpaired) electrons. The molecule has 1 saturated heterocycles. The largest absolute Gasteiger partial charge is 0.790 e. The Labute approximate surface area is 168 Å². The van der Waals surface area contributed by atoms with Crippen LogP contribution in [0.2, 0.25) is 0 Å². The van der Waals surface area contributed by atoms with Crippen LogP contribution in [0.25, 0.3) is 0 Å². The minimum Gasteiger partial charge on any atom is -0.790 e. The highest BCUT2D eigenvalue weighted by Gasteiger charge is 2.44. The van der Waals surface area contributed by atoms with Crippen LogP contribution in [0.3, 0.4) is 0 Å². The van der Waals surface area contributed by atoms with Crippen LogP contribution in [-0.2, 0) is 20.2 Å². The van der Waals surface area contributed by atoms with E-state index in [-0.39, 0.29) is 18.1 Å². The Kier molecular flexibility index (Phi) is 11.1. The number of nitrogens with two attached hydrogens (primary N) is 1. The number of aromatic nitrogens is 2. The second kappa shape index (κ2) is 11.7. The third-order valence-electron chi connectivity index (χ3n) is 4.37. The maximum atomic E-state index is 12.2. The molecule has 0 unspecified atom stereocenters. The van der Waals surface area contributed by atoms with E-state index in [0.29, 0.717) is 12.0 Å². The highest BCUT2D eigenvalue weighted by molar-refractivity contribution is 7.43. The SMILES string of the molecule is CCCCCCc1cn([C@@H]2O[C@H](COP(=O)([O-])[O-])[C@@H](O)[C@H]2O)c(=O)nc1N.[NH4+].[NH4+]. The predicted molar refractivity (Wildman–Crippen MR) is 102 cm³/mol. The Hall–Kier alpha value is -1.41. The number of phosphoric acid groups is 1. The van der Waals surface area contributed by atoms with E-state index in [1.54, 1.807) is 0 Å². The Morgan fingerprint density at radius 1 is 1.28 bits per heavy atom. The van der Waals surface area contributed by atoms with Gasteiger partial charge in [-0.1, -0.05) is 26.2 Å². The van der Waals surface area contributed by atoms with Gasteiger partial charge in [0.2, 0.25) is 0 Å². The van der Waals surface area contributed by atoms with Crippen molar-refractivity contribution in [2.24, 2.45) is 0 Å². The quantitative estimate of drug-likeness (QED) is 0.234. The monoisotopic (exact) mass is 441 g/mol. The summed E-state index contributed by atoms with van der Waals surface area (Å²) in [7, 11) is -5.27. The molecule has 0 saturated carbocycles. The van der Waals surface area contributed by atoms with Gasteiger partial charge < -0.3 is 51.9 Å². The van der Waals surface area contributed by atoms with Crippen molar-refractivity contribution in [1.29, 1.82) is 0 Å². The number of hydrogen-bond acceptors (Lipinski definition) is 10. The van der Waals surface area contributed by atoms with Crippen molar-refractivity contribution in [2.75, 3.05) is 12.3 Å². The molecule has 0 bridgehead atoms. The van der Waals surface area contributed by atoms with Gasteiger partial charge in [0.15, 0.2) is 6.23 Å². The summed E-state index contributed by atoms with van der Waals surface area (Å²) in [6.45, 7) is 1.30. The third-order valence-corrected chi connectivity index (χ3v) is 4.83. The van der Waals surface area contributed by atoms with Gasteiger partial charge in [-0.25, -0.2) is 4.79 Å². The molecular formula is C15H32N5O8P. The molecule has 1 fully saturated rings. The van der Waals surface area contributed by atoms with E-state index in [9.17, 15) is 29.4 Å². The molecule has 0 aliphatic carbocycles. The van der Waals surface area contributed by atoms with E-state index in [0.717, 1.165) is 30.3 Å². The number of rotatable bonds is 9. The van der Waals surface area contributed by atoms with Crippen LogP contribution >= 0.6 is 7.82 Å². The van der Waals surface area contributed by atoms with E-state index in [2.05, 4.69) is 16.4 Å². The second-order valence-corrected chi connectivity index (χ2v) is 7.59. The Balaban J connectivity index is 0.00000392. The summed E-state index contributed by atoms with van der Waals surface area (Å²) in [5.74, 6) is 0.0827. The standard InChI is InChI=1S/C15H26N3O8P.2H3N/c1-2-3-4-5-6-9-7-18(15(21)17-13(9)16)14-12(20)11(19)10(26-14)8-25-27(22,23)24;;/h7,10-12,14,19-20H,2-6,8H2,1H3,(H2,16,17,21)(H2,22,23,24);2*1H3/t10-,11-,12-,14-;;/m1../s1. The molecule has 14 heteroatoms. The predicted octanol–water partition coefficient (Wildman–Crippen LogP) is -0.835. The summed E-state index contributed by atoms with van der Waals surface area (Å²) < 4.78 is 21.0. The number of anilines is 1. The van der Waals surface area contributed by atoms with E-state index in [1.807, 2.05) is 0 Å². The van der Waals surface area contributed by atoms with E-state index >= 15 is 0 Å². The van der Waals surface area contributed by atoms with Gasteiger partial charge in [0.05, 0.1) is 14.4 Å². The van der Waals surface area contributed by atoms with Crippen molar-refractivity contribution in [3.63, 3.8) is 0 Å². The molecule has 12 N–H and O–H groups in total.